The summed E-state index contributed by atoms with van der Waals surface area (Å²) in [7, 11) is 0. The first-order valence-electron chi connectivity index (χ1n) is 5.45. The Bertz CT molecular complexity index is 584. The zero-order valence-electron chi connectivity index (χ0n) is 9.75. The molecule has 0 spiro atoms. The average molecular weight is 268 g/mol. The summed E-state index contributed by atoms with van der Waals surface area (Å²) in [4.78, 5) is 0. The molecule has 0 aliphatic carbocycles. The van der Waals surface area contributed by atoms with Gasteiger partial charge in [0.2, 0.25) is 0 Å². The summed E-state index contributed by atoms with van der Waals surface area (Å²) >= 11 is 5.99. The molecule has 0 radical (unpaired) electrons. The highest BCUT2D eigenvalue weighted by molar-refractivity contribution is 6.31. The maximum Gasteiger partial charge on any atom is 0.126 e. The second kappa shape index (κ2) is 5.04. The van der Waals surface area contributed by atoms with Crippen LogP contribution >= 0.6 is 11.6 Å². The third-order valence-corrected chi connectivity index (χ3v) is 3.18. The summed E-state index contributed by atoms with van der Waals surface area (Å²) in [6.45, 7) is 1.65. The third kappa shape index (κ3) is 2.52. The van der Waals surface area contributed by atoms with Crippen molar-refractivity contribution in [2.24, 2.45) is 5.73 Å². The van der Waals surface area contributed by atoms with Crippen LogP contribution in [-0.4, -0.2) is 0 Å². The lowest BCUT2D eigenvalue weighted by molar-refractivity contribution is 0.615. The molecule has 2 N–H and O–H groups in total. The van der Waals surface area contributed by atoms with E-state index in [1.54, 1.807) is 19.1 Å². The molecule has 0 saturated heterocycles. The van der Waals surface area contributed by atoms with Crippen LogP contribution in [0.2, 0.25) is 5.02 Å². The summed E-state index contributed by atoms with van der Waals surface area (Å²) in [5.41, 5.74) is 7.71. The standard InChI is InChI=1S/C14H12ClF2N/c1-8-6-9(2-5-13(8)17)14(18)11-7-10(16)3-4-12(11)15/h2-7,14H,18H2,1H3. The number of hydrogen-bond donors (Lipinski definition) is 1. The quantitative estimate of drug-likeness (QED) is 0.875. The van der Waals surface area contributed by atoms with Gasteiger partial charge in [-0.05, 0) is 47.9 Å². The zero-order chi connectivity index (χ0) is 13.3. The van der Waals surface area contributed by atoms with E-state index >= 15 is 0 Å². The van der Waals surface area contributed by atoms with Crippen LogP contribution in [0.3, 0.4) is 0 Å². The van der Waals surface area contributed by atoms with E-state index in [1.807, 2.05) is 0 Å². The number of benzene rings is 2. The van der Waals surface area contributed by atoms with Crippen molar-refractivity contribution in [3.63, 3.8) is 0 Å². The Balaban J connectivity index is 2.44. The van der Waals surface area contributed by atoms with Crippen LogP contribution in [-0.2, 0) is 0 Å². The topological polar surface area (TPSA) is 26.0 Å². The Kier molecular flexibility index (Phi) is 3.64. The molecule has 0 amide bonds. The van der Waals surface area contributed by atoms with Crippen molar-refractivity contribution in [3.05, 3.63) is 69.7 Å². The minimum atomic E-state index is -0.576. The highest BCUT2D eigenvalue weighted by Gasteiger charge is 2.14. The zero-order valence-corrected chi connectivity index (χ0v) is 10.5. The Labute approximate surface area is 109 Å². The summed E-state index contributed by atoms with van der Waals surface area (Å²) in [6.07, 6.45) is 0. The number of hydrogen-bond acceptors (Lipinski definition) is 1. The SMILES string of the molecule is Cc1cc(C(N)c2cc(F)ccc2Cl)ccc1F. The third-order valence-electron chi connectivity index (χ3n) is 2.83. The van der Waals surface area contributed by atoms with Gasteiger partial charge in [-0.1, -0.05) is 23.7 Å². The van der Waals surface area contributed by atoms with Crippen molar-refractivity contribution < 1.29 is 8.78 Å². The molecule has 2 aromatic rings. The van der Waals surface area contributed by atoms with E-state index in [4.69, 9.17) is 17.3 Å². The first kappa shape index (κ1) is 13.0. The maximum atomic E-state index is 13.2. The van der Waals surface area contributed by atoms with Gasteiger partial charge in [0.25, 0.3) is 0 Å². The molecule has 1 unspecified atom stereocenters. The molecule has 1 nitrogen and oxygen atoms in total. The highest BCUT2D eigenvalue weighted by atomic mass is 35.5. The number of nitrogens with two attached hydrogens (primary N) is 1. The van der Waals surface area contributed by atoms with Gasteiger partial charge in [-0.3, -0.25) is 0 Å². The molecule has 0 aliphatic heterocycles. The van der Waals surface area contributed by atoms with Gasteiger partial charge in [0, 0.05) is 5.02 Å². The maximum absolute atomic E-state index is 13.2. The largest absolute Gasteiger partial charge is 0.320 e. The van der Waals surface area contributed by atoms with Crippen LogP contribution in [0.1, 0.15) is 22.7 Å². The lowest BCUT2D eigenvalue weighted by atomic mass is 9.98. The normalized spacial score (nSPS) is 12.5. The molecule has 2 rings (SSSR count). The fourth-order valence-electron chi connectivity index (χ4n) is 1.79. The molecule has 1 atom stereocenters. The minimum absolute atomic E-state index is 0.295. The van der Waals surface area contributed by atoms with Gasteiger partial charge in [0.05, 0.1) is 6.04 Å². The molecule has 0 fully saturated rings. The fraction of sp³-hybridized carbons (Fsp3) is 0.143. The van der Waals surface area contributed by atoms with Crippen molar-refractivity contribution in [1.29, 1.82) is 0 Å². The molecule has 0 bridgehead atoms. The summed E-state index contributed by atoms with van der Waals surface area (Å²) < 4.78 is 26.4. The van der Waals surface area contributed by atoms with Crippen LogP contribution in [0.25, 0.3) is 0 Å². The van der Waals surface area contributed by atoms with E-state index < -0.39 is 11.9 Å². The average Bonchev–Trinajstić information content (AvgIpc) is 2.35. The predicted molar refractivity (Wildman–Crippen MR) is 68.6 cm³/mol. The van der Waals surface area contributed by atoms with E-state index in [2.05, 4.69) is 0 Å². The Hall–Kier alpha value is -1.45. The van der Waals surface area contributed by atoms with E-state index in [0.717, 1.165) is 0 Å². The van der Waals surface area contributed by atoms with E-state index in [-0.39, 0.29) is 5.82 Å². The van der Waals surface area contributed by atoms with Crippen LogP contribution in [0.5, 0.6) is 0 Å². The summed E-state index contributed by atoms with van der Waals surface area (Å²) in [5, 5.41) is 0.394. The van der Waals surface area contributed by atoms with Gasteiger partial charge in [0.15, 0.2) is 0 Å². The molecule has 0 aromatic heterocycles. The smallest absolute Gasteiger partial charge is 0.126 e. The van der Waals surface area contributed by atoms with E-state index in [9.17, 15) is 8.78 Å². The lowest BCUT2D eigenvalue weighted by Gasteiger charge is -2.15. The van der Waals surface area contributed by atoms with Crippen molar-refractivity contribution in [2.75, 3.05) is 0 Å². The van der Waals surface area contributed by atoms with Gasteiger partial charge >= 0.3 is 0 Å². The molecule has 0 saturated carbocycles. The molecular formula is C14H12ClF2N. The highest BCUT2D eigenvalue weighted by Crippen LogP contribution is 2.28. The first-order chi connectivity index (χ1) is 8.49. The monoisotopic (exact) mass is 267 g/mol. The fourth-order valence-corrected chi connectivity index (χ4v) is 2.03. The Morgan fingerprint density at radius 1 is 1.11 bits per heavy atom. The van der Waals surface area contributed by atoms with Crippen LogP contribution < -0.4 is 5.73 Å². The second-order valence-electron chi connectivity index (χ2n) is 4.15. The lowest BCUT2D eigenvalue weighted by Crippen LogP contribution is -2.13. The van der Waals surface area contributed by atoms with Crippen LogP contribution in [0, 0.1) is 18.6 Å². The Morgan fingerprint density at radius 3 is 2.50 bits per heavy atom. The van der Waals surface area contributed by atoms with Gasteiger partial charge in [0.1, 0.15) is 11.6 Å². The molecule has 18 heavy (non-hydrogen) atoms. The van der Waals surface area contributed by atoms with Crippen molar-refractivity contribution in [3.8, 4) is 0 Å². The molecule has 0 heterocycles. The van der Waals surface area contributed by atoms with Crippen molar-refractivity contribution in [2.45, 2.75) is 13.0 Å². The van der Waals surface area contributed by atoms with E-state index in [1.165, 1.54) is 24.3 Å². The first-order valence-corrected chi connectivity index (χ1v) is 5.83. The molecule has 0 aliphatic rings. The van der Waals surface area contributed by atoms with Gasteiger partial charge in [-0.2, -0.15) is 0 Å². The number of halogens is 3. The van der Waals surface area contributed by atoms with Gasteiger partial charge < -0.3 is 5.73 Å². The Morgan fingerprint density at radius 2 is 1.83 bits per heavy atom. The summed E-state index contributed by atoms with van der Waals surface area (Å²) in [5.74, 6) is -0.694. The minimum Gasteiger partial charge on any atom is -0.320 e. The molecular weight excluding hydrogens is 256 g/mol. The number of aryl methyl sites for hydroxylation is 1. The van der Waals surface area contributed by atoms with Crippen molar-refractivity contribution in [1.82, 2.24) is 0 Å². The van der Waals surface area contributed by atoms with E-state index in [0.29, 0.717) is 21.7 Å². The summed E-state index contributed by atoms with van der Waals surface area (Å²) in [6, 6.07) is 8.02. The number of rotatable bonds is 2. The second-order valence-corrected chi connectivity index (χ2v) is 4.56. The predicted octanol–water partition coefficient (Wildman–Crippen LogP) is 3.97. The molecule has 94 valence electrons. The van der Waals surface area contributed by atoms with Gasteiger partial charge in [-0.15, -0.1) is 0 Å². The van der Waals surface area contributed by atoms with Gasteiger partial charge in [-0.25, -0.2) is 8.78 Å². The van der Waals surface area contributed by atoms with Crippen LogP contribution in [0.4, 0.5) is 8.78 Å². The van der Waals surface area contributed by atoms with Crippen LogP contribution in [0.15, 0.2) is 36.4 Å². The molecule has 2 aromatic carbocycles. The molecule has 4 heteroatoms. The van der Waals surface area contributed by atoms with Crippen molar-refractivity contribution >= 4 is 11.6 Å².